The van der Waals surface area contributed by atoms with E-state index < -0.39 is 11.6 Å². The Balaban J connectivity index is 2.57. The fraction of sp³-hybridized carbons (Fsp3) is 0.400. The zero-order chi connectivity index (χ0) is 10.6. The molecule has 0 radical (unpaired) electrons. The van der Waals surface area contributed by atoms with Crippen molar-refractivity contribution in [1.82, 2.24) is 4.98 Å². The minimum atomic E-state index is -0.508. The molecule has 0 aliphatic rings. The summed E-state index contributed by atoms with van der Waals surface area (Å²) >= 11 is 1.39. The van der Waals surface area contributed by atoms with Crippen LogP contribution in [0, 0.1) is 11.8 Å². The minimum Gasteiger partial charge on any atom is -0.450 e. The van der Waals surface area contributed by atoms with E-state index in [1.165, 1.54) is 11.3 Å². The van der Waals surface area contributed by atoms with E-state index in [2.05, 4.69) is 16.8 Å². The summed E-state index contributed by atoms with van der Waals surface area (Å²) in [6.07, 6.45) is 1.61. The van der Waals surface area contributed by atoms with E-state index in [9.17, 15) is 4.79 Å². The maximum absolute atomic E-state index is 11.1. The summed E-state index contributed by atoms with van der Waals surface area (Å²) in [5.41, 5.74) is 1.18. The number of hydrogen-bond donors (Lipinski definition) is 0. The maximum Gasteiger partial charge on any atom is 0.385 e. The highest BCUT2D eigenvalue weighted by Crippen LogP contribution is 2.06. The molecular weight excluding hydrogens is 198 g/mol. The highest BCUT2D eigenvalue weighted by Gasteiger charge is 2.14. The van der Waals surface area contributed by atoms with Crippen molar-refractivity contribution in [2.45, 2.75) is 26.4 Å². The van der Waals surface area contributed by atoms with Gasteiger partial charge in [-0.25, -0.2) is 4.79 Å². The third kappa shape index (κ3) is 4.06. The van der Waals surface area contributed by atoms with E-state index in [4.69, 9.17) is 4.74 Å². The Morgan fingerprint density at radius 2 is 2.29 bits per heavy atom. The van der Waals surface area contributed by atoms with Gasteiger partial charge in [-0.3, -0.25) is 4.98 Å². The lowest BCUT2D eigenvalue weighted by molar-refractivity contribution is -0.147. The molecule has 3 nitrogen and oxygen atoms in total. The van der Waals surface area contributed by atoms with Gasteiger partial charge in [0.05, 0.1) is 16.6 Å². The molecule has 0 aliphatic carbocycles. The summed E-state index contributed by atoms with van der Waals surface area (Å²) in [6, 6.07) is 0. The van der Waals surface area contributed by atoms with Crippen molar-refractivity contribution in [3.05, 3.63) is 16.6 Å². The first-order chi connectivity index (χ1) is 6.47. The van der Waals surface area contributed by atoms with Crippen molar-refractivity contribution in [1.29, 1.82) is 0 Å². The first-order valence-corrected chi connectivity index (χ1v) is 4.99. The Morgan fingerprint density at radius 3 is 2.79 bits per heavy atom. The predicted octanol–water partition coefficient (Wildman–Crippen LogP) is 1.84. The molecule has 74 valence electrons. The van der Waals surface area contributed by atoms with Crippen LogP contribution in [0.15, 0.2) is 11.7 Å². The summed E-state index contributed by atoms with van der Waals surface area (Å²) in [6.45, 7) is 5.41. The van der Waals surface area contributed by atoms with Gasteiger partial charge in [-0.2, -0.15) is 0 Å². The van der Waals surface area contributed by atoms with Crippen LogP contribution in [0.4, 0.5) is 0 Å². The van der Waals surface area contributed by atoms with Crippen molar-refractivity contribution in [2.24, 2.45) is 0 Å². The number of carbonyl (C=O) groups is 1. The molecule has 0 unspecified atom stereocenters. The van der Waals surface area contributed by atoms with Gasteiger partial charge in [0, 0.05) is 5.92 Å². The van der Waals surface area contributed by atoms with Crippen LogP contribution in [0.2, 0.25) is 0 Å². The van der Waals surface area contributed by atoms with Crippen molar-refractivity contribution in [2.75, 3.05) is 0 Å². The Bertz CT molecular complexity index is 365. The van der Waals surface area contributed by atoms with E-state index in [0.29, 0.717) is 0 Å². The molecule has 14 heavy (non-hydrogen) atoms. The fourth-order valence-electron chi connectivity index (χ4n) is 0.694. The van der Waals surface area contributed by atoms with Crippen LogP contribution in [-0.4, -0.2) is 16.6 Å². The van der Waals surface area contributed by atoms with Gasteiger partial charge >= 0.3 is 5.97 Å². The van der Waals surface area contributed by atoms with Crippen molar-refractivity contribution in [3.8, 4) is 11.8 Å². The summed E-state index contributed by atoms with van der Waals surface area (Å²) in [4.78, 5) is 15.7. The number of aromatic nitrogens is 1. The van der Waals surface area contributed by atoms with Gasteiger partial charge in [0.15, 0.2) is 0 Å². The van der Waals surface area contributed by atoms with Gasteiger partial charge in [-0.05, 0) is 26.7 Å². The van der Waals surface area contributed by atoms with Crippen LogP contribution in [0.1, 0.15) is 25.6 Å². The zero-order valence-corrected chi connectivity index (χ0v) is 9.14. The largest absolute Gasteiger partial charge is 0.450 e. The van der Waals surface area contributed by atoms with Gasteiger partial charge in [0.25, 0.3) is 0 Å². The highest BCUT2D eigenvalue weighted by atomic mass is 32.1. The second kappa shape index (κ2) is 4.25. The number of carbonyl (C=O) groups excluding carboxylic acids is 1. The van der Waals surface area contributed by atoms with Crippen molar-refractivity contribution in [3.63, 3.8) is 0 Å². The first kappa shape index (κ1) is 10.7. The third-order valence-electron chi connectivity index (χ3n) is 1.12. The summed E-state index contributed by atoms with van der Waals surface area (Å²) in [7, 11) is 0. The van der Waals surface area contributed by atoms with Crippen LogP contribution in [0.5, 0.6) is 0 Å². The SMILES string of the molecule is CC(C)(C)OC(=O)C#Cc1cncs1. The number of rotatable bonds is 0. The Labute approximate surface area is 87.1 Å². The van der Waals surface area contributed by atoms with Crippen LogP contribution in [0.3, 0.4) is 0 Å². The molecule has 0 saturated carbocycles. The topological polar surface area (TPSA) is 39.2 Å². The first-order valence-electron chi connectivity index (χ1n) is 4.11. The quantitative estimate of drug-likeness (QED) is 0.483. The molecule has 1 aromatic heterocycles. The van der Waals surface area contributed by atoms with Crippen molar-refractivity contribution < 1.29 is 9.53 Å². The van der Waals surface area contributed by atoms with E-state index in [-0.39, 0.29) is 0 Å². The molecule has 0 spiro atoms. The van der Waals surface area contributed by atoms with Crippen LogP contribution in [0.25, 0.3) is 0 Å². The molecule has 0 aliphatic heterocycles. The molecule has 0 atom stereocenters. The molecule has 0 N–H and O–H groups in total. The number of ether oxygens (including phenoxy) is 1. The van der Waals surface area contributed by atoms with E-state index in [1.54, 1.807) is 32.5 Å². The van der Waals surface area contributed by atoms with Crippen LogP contribution in [-0.2, 0) is 9.53 Å². The van der Waals surface area contributed by atoms with Gasteiger partial charge in [0.2, 0.25) is 0 Å². The van der Waals surface area contributed by atoms with E-state index >= 15 is 0 Å². The monoisotopic (exact) mass is 209 g/mol. The number of nitrogens with zero attached hydrogens (tertiary/aromatic N) is 1. The molecule has 0 amide bonds. The maximum atomic E-state index is 11.1. The minimum absolute atomic E-state index is 0.487. The van der Waals surface area contributed by atoms with Gasteiger partial charge in [0.1, 0.15) is 5.60 Å². The number of thiazole rings is 1. The third-order valence-corrected chi connectivity index (χ3v) is 1.81. The van der Waals surface area contributed by atoms with E-state index in [0.717, 1.165) is 4.88 Å². The number of hydrogen-bond acceptors (Lipinski definition) is 4. The highest BCUT2D eigenvalue weighted by molar-refractivity contribution is 7.10. The molecule has 0 aromatic carbocycles. The second-order valence-corrected chi connectivity index (χ2v) is 4.50. The van der Waals surface area contributed by atoms with E-state index in [1.807, 2.05) is 0 Å². The second-order valence-electron chi connectivity index (χ2n) is 3.62. The standard InChI is InChI=1S/C10H11NO2S/c1-10(2,3)13-9(12)5-4-8-6-11-7-14-8/h6-7H,1-3H3. The molecule has 1 heterocycles. The average Bonchev–Trinajstić information content (AvgIpc) is 2.49. The summed E-state index contributed by atoms with van der Waals surface area (Å²) < 4.78 is 5.01. The van der Waals surface area contributed by atoms with Gasteiger partial charge in [-0.15, -0.1) is 11.3 Å². The van der Waals surface area contributed by atoms with Crippen LogP contribution >= 0.6 is 11.3 Å². The van der Waals surface area contributed by atoms with Gasteiger partial charge in [-0.1, -0.05) is 0 Å². The fourth-order valence-corrected chi connectivity index (χ4v) is 1.16. The van der Waals surface area contributed by atoms with Crippen LogP contribution < -0.4 is 0 Å². The van der Waals surface area contributed by atoms with Gasteiger partial charge < -0.3 is 4.74 Å². The predicted molar refractivity (Wildman–Crippen MR) is 54.8 cm³/mol. The Hall–Kier alpha value is -1.34. The average molecular weight is 209 g/mol. The molecule has 1 aromatic rings. The lowest BCUT2D eigenvalue weighted by Crippen LogP contribution is -2.22. The molecular formula is C10H11NO2S. The Morgan fingerprint density at radius 1 is 1.57 bits per heavy atom. The smallest absolute Gasteiger partial charge is 0.385 e. The molecule has 0 bridgehead atoms. The molecule has 0 saturated heterocycles. The summed E-state index contributed by atoms with van der Waals surface area (Å²) in [5, 5.41) is 0. The van der Waals surface area contributed by atoms with Crippen molar-refractivity contribution >= 4 is 17.3 Å². The zero-order valence-electron chi connectivity index (χ0n) is 8.33. The molecule has 1 rings (SSSR count). The normalized spacial score (nSPS) is 10.2. The number of esters is 1. The molecule has 4 heteroatoms. The lowest BCUT2D eigenvalue weighted by atomic mass is 10.2. The molecule has 0 fully saturated rings. The summed E-state index contributed by atoms with van der Waals surface area (Å²) in [5.74, 6) is 4.57. The lowest BCUT2D eigenvalue weighted by Gasteiger charge is -2.16. The Kier molecular flexibility index (Phi) is 3.26.